The first-order valence-corrected chi connectivity index (χ1v) is 5.98. The molecule has 0 aromatic heterocycles. The smallest absolute Gasteiger partial charge is 0.319 e. The summed E-state index contributed by atoms with van der Waals surface area (Å²) in [6, 6.07) is 7.26. The van der Waals surface area contributed by atoms with Crippen molar-refractivity contribution >= 4 is 11.7 Å². The Morgan fingerprint density at radius 1 is 1.50 bits per heavy atom. The third kappa shape index (κ3) is 5.16. The lowest BCUT2D eigenvalue weighted by atomic mass is 10.2. The van der Waals surface area contributed by atoms with Crippen LogP contribution in [-0.4, -0.2) is 26.3 Å². The first-order valence-electron chi connectivity index (χ1n) is 5.98. The summed E-state index contributed by atoms with van der Waals surface area (Å²) in [5.74, 6) is 0.288. The van der Waals surface area contributed by atoms with Gasteiger partial charge in [-0.2, -0.15) is 0 Å². The van der Waals surface area contributed by atoms with Crippen LogP contribution in [0.2, 0.25) is 0 Å². The lowest BCUT2D eigenvalue weighted by Gasteiger charge is -2.12. The number of anilines is 1. The maximum absolute atomic E-state index is 11.6. The molecule has 5 nitrogen and oxygen atoms in total. The Kier molecular flexibility index (Phi) is 6.18. The zero-order valence-electron chi connectivity index (χ0n) is 10.9. The van der Waals surface area contributed by atoms with Gasteiger partial charge in [0.15, 0.2) is 0 Å². The molecule has 0 heterocycles. The fourth-order valence-corrected chi connectivity index (χ4v) is 1.56. The predicted molar refractivity (Wildman–Crippen MR) is 72.4 cm³/mol. The Morgan fingerprint density at radius 3 is 2.94 bits per heavy atom. The van der Waals surface area contributed by atoms with E-state index >= 15 is 0 Å². The van der Waals surface area contributed by atoms with E-state index in [4.69, 9.17) is 10.5 Å². The van der Waals surface area contributed by atoms with Crippen LogP contribution in [0.25, 0.3) is 0 Å². The van der Waals surface area contributed by atoms with Crippen molar-refractivity contribution in [1.29, 1.82) is 0 Å². The second-order valence-corrected chi connectivity index (χ2v) is 4.30. The van der Waals surface area contributed by atoms with Gasteiger partial charge in [0.1, 0.15) is 0 Å². The van der Waals surface area contributed by atoms with Crippen molar-refractivity contribution in [2.75, 3.05) is 25.6 Å². The molecular formula is C13H21N3O2. The van der Waals surface area contributed by atoms with Crippen molar-refractivity contribution < 1.29 is 9.53 Å². The quantitative estimate of drug-likeness (QED) is 0.718. The third-order valence-corrected chi connectivity index (χ3v) is 2.48. The van der Waals surface area contributed by atoms with E-state index in [0.717, 1.165) is 11.3 Å². The lowest BCUT2D eigenvalue weighted by molar-refractivity contribution is 0.159. The second kappa shape index (κ2) is 7.68. The van der Waals surface area contributed by atoms with Crippen molar-refractivity contribution in [2.45, 2.75) is 13.5 Å². The summed E-state index contributed by atoms with van der Waals surface area (Å²) >= 11 is 0. The Labute approximate surface area is 108 Å². The molecule has 0 aliphatic carbocycles. The number of carbonyl (C=O) groups is 1. The van der Waals surface area contributed by atoms with Crippen LogP contribution in [0.1, 0.15) is 12.5 Å². The van der Waals surface area contributed by atoms with Gasteiger partial charge in [0.25, 0.3) is 0 Å². The highest BCUT2D eigenvalue weighted by Crippen LogP contribution is 2.09. The van der Waals surface area contributed by atoms with Crippen LogP contribution >= 0.6 is 0 Å². The molecule has 1 rings (SSSR count). The van der Waals surface area contributed by atoms with E-state index in [1.54, 1.807) is 7.11 Å². The molecule has 1 aromatic rings. The Hall–Kier alpha value is -1.59. The molecule has 0 aliphatic heterocycles. The highest BCUT2D eigenvalue weighted by atomic mass is 16.5. The molecule has 4 N–H and O–H groups in total. The average Bonchev–Trinajstić information content (AvgIpc) is 2.37. The number of nitrogens with two attached hydrogens (primary N) is 1. The summed E-state index contributed by atoms with van der Waals surface area (Å²) in [7, 11) is 1.65. The van der Waals surface area contributed by atoms with Crippen molar-refractivity contribution in [2.24, 2.45) is 11.7 Å². The fourth-order valence-electron chi connectivity index (χ4n) is 1.56. The van der Waals surface area contributed by atoms with Crippen LogP contribution in [0.15, 0.2) is 24.3 Å². The van der Waals surface area contributed by atoms with E-state index in [0.29, 0.717) is 19.7 Å². The third-order valence-electron chi connectivity index (χ3n) is 2.48. The topological polar surface area (TPSA) is 76.4 Å². The molecule has 0 aliphatic rings. The Morgan fingerprint density at radius 2 is 2.28 bits per heavy atom. The summed E-state index contributed by atoms with van der Waals surface area (Å²) in [5.41, 5.74) is 7.27. The summed E-state index contributed by atoms with van der Waals surface area (Å²) in [6.07, 6.45) is 0. The molecule has 1 atom stereocenters. The van der Waals surface area contributed by atoms with Gasteiger partial charge in [0, 0.05) is 25.9 Å². The van der Waals surface area contributed by atoms with E-state index in [2.05, 4.69) is 10.6 Å². The monoisotopic (exact) mass is 251 g/mol. The first kappa shape index (κ1) is 14.5. The highest BCUT2D eigenvalue weighted by Gasteiger charge is 2.05. The molecule has 1 aromatic carbocycles. The van der Waals surface area contributed by atoms with Crippen LogP contribution in [-0.2, 0) is 11.3 Å². The van der Waals surface area contributed by atoms with Gasteiger partial charge >= 0.3 is 6.03 Å². The van der Waals surface area contributed by atoms with E-state index < -0.39 is 0 Å². The number of ether oxygens (including phenoxy) is 1. The van der Waals surface area contributed by atoms with Crippen LogP contribution < -0.4 is 16.4 Å². The van der Waals surface area contributed by atoms with Gasteiger partial charge in [-0.05, 0) is 23.6 Å². The zero-order chi connectivity index (χ0) is 13.4. The van der Waals surface area contributed by atoms with Crippen molar-refractivity contribution in [3.63, 3.8) is 0 Å². The molecule has 100 valence electrons. The minimum absolute atomic E-state index is 0.216. The molecular weight excluding hydrogens is 230 g/mol. The van der Waals surface area contributed by atoms with Gasteiger partial charge in [-0.1, -0.05) is 19.1 Å². The number of amides is 2. The highest BCUT2D eigenvalue weighted by molar-refractivity contribution is 5.89. The largest absolute Gasteiger partial charge is 0.384 e. The maximum Gasteiger partial charge on any atom is 0.319 e. The lowest BCUT2D eigenvalue weighted by Crippen LogP contribution is -2.33. The molecule has 0 fully saturated rings. The minimum Gasteiger partial charge on any atom is -0.384 e. The normalized spacial score (nSPS) is 11.9. The van der Waals surface area contributed by atoms with Crippen LogP contribution in [0, 0.1) is 5.92 Å². The van der Waals surface area contributed by atoms with Gasteiger partial charge in [-0.3, -0.25) is 0 Å². The van der Waals surface area contributed by atoms with Crippen LogP contribution in [0.4, 0.5) is 10.5 Å². The zero-order valence-corrected chi connectivity index (χ0v) is 10.9. The number of carbonyl (C=O) groups excluding carboxylic acids is 1. The molecule has 0 radical (unpaired) electrons. The van der Waals surface area contributed by atoms with Crippen molar-refractivity contribution in [3.05, 3.63) is 29.8 Å². The number of methoxy groups -OCH3 is 1. The number of hydrogen-bond acceptors (Lipinski definition) is 3. The Balaban J connectivity index is 2.39. The second-order valence-electron chi connectivity index (χ2n) is 4.30. The molecule has 2 amide bonds. The summed E-state index contributed by atoms with van der Waals surface area (Å²) in [5, 5.41) is 5.56. The molecule has 5 heteroatoms. The van der Waals surface area contributed by atoms with Gasteiger partial charge in [-0.25, -0.2) is 4.79 Å². The summed E-state index contributed by atoms with van der Waals surface area (Å²) in [6.45, 7) is 3.68. The van der Waals surface area contributed by atoms with Crippen molar-refractivity contribution in [1.82, 2.24) is 5.32 Å². The molecule has 0 bridgehead atoms. The fraction of sp³-hybridized carbons (Fsp3) is 0.462. The average molecular weight is 251 g/mol. The number of benzene rings is 1. The van der Waals surface area contributed by atoms with Gasteiger partial charge in [0.05, 0.1) is 6.61 Å². The standard InChI is InChI=1S/C13H21N3O2/c1-10(9-18-2)8-15-13(17)16-12-5-3-4-11(6-12)7-14/h3-6,10H,7-9,14H2,1-2H3,(H2,15,16,17). The van der Waals surface area contributed by atoms with Crippen molar-refractivity contribution in [3.8, 4) is 0 Å². The van der Waals surface area contributed by atoms with Gasteiger partial charge < -0.3 is 21.1 Å². The van der Waals surface area contributed by atoms with E-state index in [1.807, 2.05) is 31.2 Å². The molecule has 0 saturated carbocycles. The Bertz CT molecular complexity index is 382. The van der Waals surface area contributed by atoms with Gasteiger partial charge in [0.2, 0.25) is 0 Å². The predicted octanol–water partition coefficient (Wildman–Crippen LogP) is 1.55. The SMILES string of the molecule is COCC(C)CNC(=O)Nc1cccc(CN)c1. The number of urea groups is 1. The van der Waals surface area contributed by atoms with Gasteiger partial charge in [-0.15, -0.1) is 0 Å². The summed E-state index contributed by atoms with van der Waals surface area (Å²) < 4.78 is 5.00. The molecule has 0 saturated heterocycles. The number of hydrogen-bond donors (Lipinski definition) is 3. The van der Waals surface area contributed by atoms with Crippen LogP contribution in [0.3, 0.4) is 0 Å². The molecule has 18 heavy (non-hydrogen) atoms. The first-order chi connectivity index (χ1) is 8.65. The van der Waals surface area contributed by atoms with E-state index in [-0.39, 0.29) is 11.9 Å². The number of nitrogens with one attached hydrogen (secondary N) is 2. The van der Waals surface area contributed by atoms with E-state index in [1.165, 1.54) is 0 Å². The van der Waals surface area contributed by atoms with E-state index in [9.17, 15) is 4.79 Å². The number of rotatable bonds is 6. The molecule has 0 spiro atoms. The van der Waals surface area contributed by atoms with Crippen LogP contribution in [0.5, 0.6) is 0 Å². The summed E-state index contributed by atoms with van der Waals surface area (Å²) in [4.78, 5) is 11.6. The maximum atomic E-state index is 11.6. The minimum atomic E-state index is -0.216. The molecule has 1 unspecified atom stereocenters.